The molecule has 2 aromatic rings. The highest BCUT2D eigenvalue weighted by atomic mass is 28.3. The van der Waals surface area contributed by atoms with Crippen molar-refractivity contribution < 1.29 is 38.6 Å². The van der Waals surface area contributed by atoms with Crippen molar-refractivity contribution in [3.8, 4) is 23.7 Å². The van der Waals surface area contributed by atoms with E-state index < -0.39 is 52.8 Å². The maximum absolute atomic E-state index is 11.4. The van der Waals surface area contributed by atoms with Crippen molar-refractivity contribution >= 4 is 16.1 Å². The van der Waals surface area contributed by atoms with Gasteiger partial charge in [-0.3, -0.25) is 0 Å². The molecular weight excluding hydrogens is 641 g/mol. The van der Waals surface area contributed by atoms with Gasteiger partial charge < -0.3 is 38.6 Å². The molecule has 2 aromatic carbocycles. The molecule has 0 radical (unpaired) electrons. The second kappa shape index (κ2) is 21.0. The van der Waals surface area contributed by atoms with Gasteiger partial charge in [0.2, 0.25) is 0 Å². The Balaban J connectivity index is 1.82. The quantitative estimate of drug-likeness (QED) is 0.0840. The van der Waals surface area contributed by atoms with E-state index in [-0.39, 0.29) is 26.4 Å². The predicted octanol–water partition coefficient (Wildman–Crippen LogP) is 6.07. The Morgan fingerprint density at radius 1 is 0.583 bits per heavy atom. The lowest BCUT2D eigenvalue weighted by Crippen LogP contribution is -2.48. The first-order chi connectivity index (χ1) is 22.9. The fraction of sp³-hybridized carbons (Fsp3) is 0.579. The van der Waals surface area contributed by atoms with Crippen molar-refractivity contribution in [1.82, 2.24) is 0 Å². The Morgan fingerprint density at radius 2 is 0.958 bits per heavy atom. The van der Waals surface area contributed by atoms with Crippen LogP contribution in [0.25, 0.3) is 0 Å². The first-order valence-electron chi connectivity index (χ1n) is 16.9. The second-order valence-electron chi connectivity index (χ2n) is 14.6. The van der Waals surface area contributed by atoms with E-state index in [9.17, 15) is 10.2 Å². The summed E-state index contributed by atoms with van der Waals surface area (Å²) >= 11 is 0. The van der Waals surface area contributed by atoms with Gasteiger partial charge in [-0.2, -0.15) is 0 Å². The molecular formula is C38H56O8Si2. The molecule has 10 heteroatoms. The minimum Gasteiger partial charge on any atom is -0.389 e. The van der Waals surface area contributed by atoms with Crippen LogP contribution in [0.3, 0.4) is 0 Å². The highest BCUT2D eigenvalue weighted by molar-refractivity contribution is 6.76. The van der Waals surface area contributed by atoms with Crippen LogP contribution in [-0.4, -0.2) is 89.8 Å². The van der Waals surface area contributed by atoms with Gasteiger partial charge in [0.15, 0.2) is 12.2 Å². The van der Waals surface area contributed by atoms with Gasteiger partial charge in [-0.25, -0.2) is 0 Å². The van der Waals surface area contributed by atoms with Gasteiger partial charge in [-0.1, -0.05) is 124 Å². The molecule has 0 spiro atoms. The maximum atomic E-state index is 11.4. The molecule has 0 unspecified atom stereocenters. The number of hydrogen-bond donors (Lipinski definition) is 2. The summed E-state index contributed by atoms with van der Waals surface area (Å²) in [4.78, 5) is 0. The van der Waals surface area contributed by atoms with Gasteiger partial charge >= 0.3 is 0 Å². The molecule has 0 saturated heterocycles. The molecule has 3 rings (SSSR count). The highest BCUT2D eigenvalue weighted by Crippen LogP contribution is 2.20. The van der Waals surface area contributed by atoms with Crippen LogP contribution in [0.2, 0.25) is 51.4 Å². The molecule has 48 heavy (non-hydrogen) atoms. The van der Waals surface area contributed by atoms with Gasteiger partial charge in [0.25, 0.3) is 0 Å². The van der Waals surface area contributed by atoms with Crippen LogP contribution >= 0.6 is 0 Å². The van der Waals surface area contributed by atoms with E-state index in [1.165, 1.54) is 0 Å². The van der Waals surface area contributed by atoms with Gasteiger partial charge in [0, 0.05) is 42.2 Å². The van der Waals surface area contributed by atoms with Crippen molar-refractivity contribution in [2.75, 3.05) is 26.8 Å². The number of aliphatic hydroxyl groups excluding tert-OH is 2. The standard InChI is InChI=1S/C38H56O8Si2/c1-47(2,3)25-23-41-29-45-37-33(39)19-13-21-35(43-27-31-15-9-7-10-16-31)36(44-28-32-17-11-8-12-18-32)22-14-20-34(40)38(37)46-30-42-24-26-48(4,5)6/h7-12,15-18,33-40H,19-20,23-30H2,1-6H3/t33-,34-,35+,36+,37-,38-/m1/s1. The Labute approximate surface area is 290 Å². The molecule has 6 atom stereocenters. The summed E-state index contributed by atoms with van der Waals surface area (Å²) in [5, 5.41) is 22.9. The van der Waals surface area contributed by atoms with Crippen LogP contribution in [0.5, 0.6) is 0 Å². The molecule has 0 heterocycles. The van der Waals surface area contributed by atoms with Crippen LogP contribution in [0.15, 0.2) is 60.7 Å². The van der Waals surface area contributed by atoms with Crippen LogP contribution in [-0.2, 0) is 41.6 Å². The van der Waals surface area contributed by atoms with E-state index in [1.54, 1.807) is 0 Å². The predicted molar refractivity (Wildman–Crippen MR) is 195 cm³/mol. The third-order valence-corrected chi connectivity index (χ3v) is 11.1. The minimum absolute atomic E-state index is 0.0483. The number of rotatable bonds is 18. The first-order valence-corrected chi connectivity index (χ1v) is 24.4. The monoisotopic (exact) mass is 696 g/mol. The van der Waals surface area contributed by atoms with Crippen molar-refractivity contribution in [1.29, 1.82) is 0 Å². The third-order valence-electron chi connectivity index (χ3n) is 7.69. The first kappa shape index (κ1) is 40.1. The number of ether oxygens (including phenoxy) is 6. The second-order valence-corrected chi connectivity index (χ2v) is 25.8. The molecule has 0 aromatic heterocycles. The van der Waals surface area contributed by atoms with Gasteiger partial charge in [0.1, 0.15) is 25.8 Å². The zero-order valence-corrected chi connectivity index (χ0v) is 31.7. The van der Waals surface area contributed by atoms with Crippen LogP contribution in [0, 0.1) is 23.7 Å². The zero-order valence-electron chi connectivity index (χ0n) is 29.7. The zero-order chi connectivity index (χ0) is 34.8. The van der Waals surface area contributed by atoms with E-state index in [0.29, 0.717) is 26.4 Å². The average Bonchev–Trinajstić information content (AvgIpc) is 3.04. The highest BCUT2D eigenvalue weighted by Gasteiger charge is 2.36. The number of benzene rings is 2. The molecule has 0 saturated carbocycles. The molecule has 0 fully saturated rings. The average molecular weight is 697 g/mol. The van der Waals surface area contributed by atoms with Gasteiger partial charge in [-0.05, 0) is 23.2 Å². The summed E-state index contributed by atoms with van der Waals surface area (Å²) < 4.78 is 36.3. The van der Waals surface area contributed by atoms with E-state index in [1.807, 2.05) is 60.7 Å². The van der Waals surface area contributed by atoms with E-state index >= 15 is 0 Å². The molecule has 0 bridgehead atoms. The summed E-state index contributed by atoms with van der Waals surface area (Å²) in [6, 6.07) is 21.6. The molecule has 0 aliphatic heterocycles. The molecule has 8 nitrogen and oxygen atoms in total. The minimum atomic E-state index is -1.29. The molecule has 1 aliphatic rings. The molecule has 1 aliphatic carbocycles. The van der Waals surface area contributed by atoms with Crippen LogP contribution < -0.4 is 0 Å². The van der Waals surface area contributed by atoms with E-state index in [2.05, 4.69) is 63.0 Å². The lowest BCUT2D eigenvalue weighted by Gasteiger charge is -2.33. The Morgan fingerprint density at radius 3 is 1.31 bits per heavy atom. The lowest BCUT2D eigenvalue weighted by atomic mass is 9.98. The summed E-state index contributed by atoms with van der Waals surface area (Å²) in [5.74, 6) is 12.5. The normalized spacial score (nSPS) is 23.6. The van der Waals surface area contributed by atoms with E-state index in [0.717, 1.165) is 23.2 Å². The molecule has 0 amide bonds. The SMILES string of the molecule is C[Si](C)(C)CCOCO[C@H]1[C@H](OCOCC[Si](C)(C)C)[C@H](O)CC#C[C@H](OCc2ccccc2)[C@@H](OCc2ccccc2)C#CC[C@H]1O. The van der Waals surface area contributed by atoms with Crippen molar-refractivity contribution in [3.05, 3.63) is 71.8 Å². The van der Waals surface area contributed by atoms with Crippen molar-refractivity contribution in [2.24, 2.45) is 0 Å². The Kier molecular flexibility index (Phi) is 17.6. The smallest absolute Gasteiger partial charge is 0.155 e. The fourth-order valence-electron chi connectivity index (χ4n) is 4.67. The number of aliphatic hydroxyl groups is 2. The maximum Gasteiger partial charge on any atom is 0.155 e. The fourth-order valence-corrected chi connectivity index (χ4v) is 6.18. The lowest BCUT2D eigenvalue weighted by molar-refractivity contribution is -0.212. The summed E-state index contributed by atoms with van der Waals surface area (Å²) in [7, 11) is -2.58. The van der Waals surface area contributed by atoms with Crippen molar-refractivity contribution in [2.45, 2.75) is 114 Å². The van der Waals surface area contributed by atoms with Crippen LogP contribution in [0.1, 0.15) is 24.0 Å². The summed E-state index contributed by atoms with van der Waals surface area (Å²) in [6.07, 6.45) is -5.37. The van der Waals surface area contributed by atoms with Gasteiger partial charge in [-0.15, -0.1) is 0 Å². The van der Waals surface area contributed by atoms with Crippen molar-refractivity contribution in [3.63, 3.8) is 0 Å². The van der Waals surface area contributed by atoms with Gasteiger partial charge in [0.05, 0.1) is 25.4 Å². The van der Waals surface area contributed by atoms with E-state index in [4.69, 9.17) is 28.4 Å². The summed E-state index contributed by atoms with van der Waals surface area (Å²) in [5.41, 5.74) is 1.98. The Hall–Kier alpha value is -2.33. The van der Waals surface area contributed by atoms with Crippen LogP contribution in [0.4, 0.5) is 0 Å². The third kappa shape index (κ3) is 16.4. The Bertz CT molecular complexity index is 1190. The molecule has 264 valence electrons. The summed E-state index contributed by atoms with van der Waals surface area (Å²) in [6.45, 7) is 15.3. The topological polar surface area (TPSA) is 95.8 Å². The largest absolute Gasteiger partial charge is 0.389 e. The molecule has 2 N–H and O–H groups in total. The number of hydrogen-bond acceptors (Lipinski definition) is 8.